The van der Waals surface area contributed by atoms with E-state index >= 15 is 4.39 Å². The Hall–Kier alpha value is -3.75. The smallest absolute Gasteiger partial charge is 0.352 e. The number of hydrogen-bond acceptors (Lipinski definition) is 7. The van der Waals surface area contributed by atoms with Gasteiger partial charge in [0, 0.05) is 66.8 Å². The van der Waals surface area contributed by atoms with E-state index in [4.69, 9.17) is 0 Å². The van der Waals surface area contributed by atoms with Gasteiger partial charge >= 0.3 is 5.69 Å². The van der Waals surface area contributed by atoms with E-state index in [1.807, 2.05) is 50.1 Å². The van der Waals surface area contributed by atoms with E-state index in [1.165, 1.54) is 6.08 Å². The third kappa shape index (κ3) is 4.39. The van der Waals surface area contributed by atoms with Gasteiger partial charge in [-0.05, 0) is 56.2 Å². The van der Waals surface area contributed by atoms with Gasteiger partial charge in [0.15, 0.2) is 6.29 Å². The van der Waals surface area contributed by atoms with Crippen LogP contribution in [-0.2, 0) is 4.79 Å². The Kier molecular flexibility index (Phi) is 7.31. The Balaban J connectivity index is 1.68. The predicted octanol–water partition coefficient (Wildman–Crippen LogP) is 3.41. The molecule has 0 aliphatic carbocycles. The lowest BCUT2D eigenvalue weighted by molar-refractivity contribution is -0.126. The van der Waals surface area contributed by atoms with Crippen LogP contribution in [0.1, 0.15) is 37.7 Å². The molecule has 2 fully saturated rings. The third-order valence-corrected chi connectivity index (χ3v) is 9.21. The van der Waals surface area contributed by atoms with Crippen molar-refractivity contribution in [2.24, 2.45) is 0 Å². The summed E-state index contributed by atoms with van der Waals surface area (Å²) in [6.45, 7) is 13.0. The average molecular weight is 591 g/mol. The highest BCUT2D eigenvalue weighted by molar-refractivity contribution is 7.27. The zero-order valence-corrected chi connectivity index (χ0v) is 25.3. The lowest BCUT2D eigenvalue weighted by Crippen LogP contribution is -2.54. The summed E-state index contributed by atoms with van der Waals surface area (Å²) < 4.78 is 17.5. The number of piperazine rings is 1. The van der Waals surface area contributed by atoms with E-state index in [0.717, 1.165) is 13.0 Å². The van der Waals surface area contributed by atoms with Gasteiger partial charge in [-0.3, -0.25) is 14.3 Å². The van der Waals surface area contributed by atoms with Crippen LogP contribution in [0.5, 0.6) is 5.75 Å². The Bertz CT molecular complexity index is 1700. The molecule has 3 aliphatic heterocycles. The number of aromatic nitrogens is 2. The number of halogens is 1. The third-order valence-electron chi connectivity index (χ3n) is 8.77. The van der Waals surface area contributed by atoms with Crippen molar-refractivity contribution >= 4 is 43.2 Å². The fraction of sp³-hybridized carbons (Fsp3) is 0.387. The number of phenolic OH excluding ortho intramolecular Hbond substituents is 1. The summed E-state index contributed by atoms with van der Waals surface area (Å²) in [6, 6.07) is 5.33. The van der Waals surface area contributed by atoms with Crippen LogP contribution in [0.3, 0.4) is 0 Å². The molecule has 2 saturated heterocycles. The highest BCUT2D eigenvalue weighted by Crippen LogP contribution is 2.45. The first kappa shape index (κ1) is 28.4. The van der Waals surface area contributed by atoms with Crippen LogP contribution in [0.15, 0.2) is 41.8 Å². The fourth-order valence-electron chi connectivity index (χ4n) is 6.71. The second-order valence-electron chi connectivity index (χ2n) is 11.2. The SMILES string of the molecule is C=CC(=O)N1CCN(c2nc(=O)n3c4c(O)c(c(C)cc24)-c2c(ccc(P)c2F)/C=C/N2CCCN(CC)C23)[C@@H](C)C1. The van der Waals surface area contributed by atoms with Crippen LogP contribution in [0.25, 0.3) is 28.1 Å². The van der Waals surface area contributed by atoms with Crippen molar-refractivity contribution in [3.63, 3.8) is 0 Å². The zero-order valence-electron chi connectivity index (χ0n) is 24.2. The minimum atomic E-state index is -0.523. The Morgan fingerprint density at radius 2 is 2.02 bits per heavy atom. The van der Waals surface area contributed by atoms with Gasteiger partial charge in [0.05, 0.1) is 0 Å². The van der Waals surface area contributed by atoms with Gasteiger partial charge in [0.25, 0.3) is 0 Å². The number of carbonyl (C=O) groups is 1. The number of carbonyl (C=O) groups excluding carboxylic acids is 1. The molecule has 11 heteroatoms. The van der Waals surface area contributed by atoms with Crippen molar-refractivity contribution in [1.82, 2.24) is 24.3 Å². The summed E-state index contributed by atoms with van der Waals surface area (Å²) in [6.07, 6.45) is 5.47. The summed E-state index contributed by atoms with van der Waals surface area (Å²) in [5, 5.41) is 13.2. The van der Waals surface area contributed by atoms with E-state index in [9.17, 15) is 14.7 Å². The number of aromatic hydroxyl groups is 1. The Morgan fingerprint density at radius 3 is 2.74 bits per heavy atom. The minimum absolute atomic E-state index is 0.137. The van der Waals surface area contributed by atoms with Crippen molar-refractivity contribution in [2.45, 2.75) is 39.5 Å². The molecule has 3 atom stereocenters. The van der Waals surface area contributed by atoms with Gasteiger partial charge in [0.1, 0.15) is 22.9 Å². The van der Waals surface area contributed by atoms with E-state index < -0.39 is 17.8 Å². The fourth-order valence-corrected chi connectivity index (χ4v) is 6.95. The van der Waals surface area contributed by atoms with Crippen LogP contribution in [0.2, 0.25) is 0 Å². The molecule has 1 aromatic heterocycles. The molecule has 2 bridgehead atoms. The van der Waals surface area contributed by atoms with Crippen LogP contribution in [0, 0.1) is 12.7 Å². The second kappa shape index (κ2) is 10.8. The van der Waals surface area contributed by atoms with Crippen molar-refractivity contribution in [1.29, 1.82) is 0 Å². The molecule has 3 aromatic rings. The van der Waals surface area contributed by atoms with E-state index in [2.05, 4.69) is 30.6 Å². The van der Waals surface area contributed by atoms with Crippen LogP contribution in [-0.4, -0.2) is 80.6 Å². The highest BCUT2D eigenvalue weighted by Gasteiger charge is 2.36. The molecule has 1 N–H and O–H groups in total. The second-order valence-corrected chi connectivity index (χ2v) is 11.9. The predicted molar refractivity (Wildman–Crippen MR) is 167 cm³/mol. The number of anilines is 1. The number of nitrogens with zero attached hydrogens (tertiary/aromatic N) is 6. The quantitative estimate of drug-likeness (QED) is 0.370. The van der Waals surface area contributed by atoms with Crippen LogP contribution < -0.4 is 15.9 Å². The number of rotatable bonds is 3. The molecule has 1 amide bonds. The van der Waals surface area contributed by atoms with Crippen molar-refractivity contribution in [3.05, 3.63) is 64.5 Å². The average Bonchev–Trinajstić information content (AvgIpc) is 2.98. The largest absolute Gasteiger partial charge is 0.505 e. The minimum Gasteiger partial charge on any atom is -0.505 e. The standard InChI is InChI=1S/C31H36FN6O3P/c1-5-23(39)36-14-15-37(19(4)17-36)29-21-16-18(3)24-25-20(8-9-22(42)26(25)32)10-13-35-12-7-11-34(6-2)31(35)38(30(41)33-29)27(21)28(24)40/h5,8-10,13,16,19,31,40H,1,6-7,11-12,14-15,17,42H2,2-4H3/b13-10+/t19-,31?/m0/s1. The van der Waals surface area contributed by atoms with E-state index in [-0.39, 0.29) is 17.7 Å². The first-order chi connectivity index (χ1) is 20.2. The molecule has 220 valence electrons. The molecular formula is C31H36FN6O3P. The van der Waals surface area contributed by atoms with Crippen molar-refractivity contribution < 1.29 is 14.3 Å². The molecule has 42 heavy (non-hydrogen) atoms. The van der Waals surface area contributed by atoms with Gasteiger partial charge < -0.3 is 19.8 Å². The monoisotopic (exact) mass is 590 g/mol. The highest BCUT2D eigenvalue weighted by atomic mass is 31.0. The number of amides is 1. The zero-order chi connectivity index (χ0) is 29.9. The summed E-state index contributed by atoms with van der Waals surface area (Å²) in [5.74, 6) is -0.272. The number of fused-ring (bicyclic) bond motifs is 5. The van der Waals surface area contributed by atoms with Crippen LogP contribution in [0.4, 0.5) is 10.2 Å². The number of hydrogen-bond donors (Lipinski definition) is 1. The summed E-state index contributed by atoms with van der Waals surface area (Å²) in [4.78, 5) is 39.1. The molecule has 0 radical (unpaired) electrons. The Labute approximate surface area is 246 Å². The Morgan fingerprint density at radius 1 is 1.24 bits per heavy atom. The molecular weight excluding hydrogens is 554 g/mol. The van der Waals surface area contributed by atoms with Crippen molar-refractivity contribution in [2.75, 3.05) is 44.2 Å². The first-order valence-corrected chi connectivity index (χ1v) is 15.0. The molecule has 4 heterocycles. The maximum Gasteiger partial charge on any atom is 0.352 e. The molecule has 2 aromatic carbocycles. The number of aryl methyl sites for hydroxylation is 1. The molecule has 0 saturated carbocycles. The molecule has 6 rings (SSSR count). The van der Waals surface area contributed by atoms with Crippen molar-refractivity contribution in [3.8, 4) is 16.9 Å². The maximum atomic E-state index is 15.9. The van der Waals surface area contributed by atoms with Gasteiger partial charge in [-0.25, -0.2) is 9.18 Å². The maximum absolute atomic E-state index is 15.9. The lowest BCUT2D eigenvalue weighted by Gasteiger charge is -2.45. The summed E-state index contributed by atoms with van der Waals surface area (Å²) in [7, 11) is 2.43. The van der Waals surface area contributed by atoms with Gasteiger partial charge in [-0.2, -0.15) is 4.98 Å². The van der Waals surface area contributed by atoms with E-state index in [1.54, 1.807) is 15.5 Å². The lowest BCUT2D eigenvalue weighted by atomic mass is 9.92. The molecule has 9 nitrogen and oxygen atoms in total. The van der Waals surface area contributed by atoms with Gasteiger partial charge in [-0.15, -0.1) is 9.24 Å². The van der Waals surface area contributed by atoms with Gasteiger partial charge in [0.2, 0.25) is 5.91 Å². The van der Waals surface area contributed by atoms with Gasteiger partial charge in [-0.1, -0.05) is 25.6 Å². The topological polar surface area (TPSA) is 85.1 Å². The molecule has 2 unspecified atom stereocenters. The van der Waals surface area contributed by atoms with E-state index in [0.29, 0.717) is 77.0 Å². The number of benzene rings is 2. The summed E-state index contributed by atoms with van der Waals surface area (Å²) in [5.41, 5.74) is 1.79. The molecule has 0 spiro atoms. The molecule has 3 aliphatic rings. The summed E-state index contributed by atoms with van der Waals surface area (Å²) >= 11 is 0. The first-order valence-electron chi connectivity index (χ1n) is 14.4. The normalized spacial score (nSPS) is 21.3. The van der Waals surface area contributed by atoms with Crippen LogP contribution >= 0.6 is 9.24 Å². The number of phenols is 1.